The van der Waals surface area contributed by atoms with Gasteiger partial charge in [-0.15, -0.1) is 0 Å². The third-order valence-electron chi connectivity index (χ3n) is 10.5. The number of hydrogen-bond donors (Lipinski definition) is 3. The quantitative estimate of drug-likeness (QED) is 0.160. The molecule has 14 heteroatoms. The van der Waals surface area contributed by atoms with Crippen molar-refractivity contribution in [3.8, 4) is 28.8 Å². The SMILES string of the molecule is CN1CCN(CCC(C)(CCC#Cc2cccc3nc(Cn4nc(-c5ccc(O)cc5)c5c(N)ncnc54)n(Cc4ccccc4Cl)c(=O)c23)C(N)=O)CC1. The predicted octanol–water partition coefficient (Wildman–Crippen LogP) is 4.50. The van der Waals surface area contributed by atoms with Gasteiger partial charge >= 0.3 is 0 Å². The highest BCUT2D eigenvalue weighted by Crippen LogP contribution is 2.32. The average Bonchev–Trinajstić information content (AvgIpc) is 3.54. The third-order valence-corrected chi connectivity index (χ3v) is 10.9. The van der Waals surface area contributed by atoms with Crippen molar-refractivity contribution in [3.05, 3.63) is 105 Å². The van der Waals surface area contributed by atoms with Gasteiger partial charge < -0.3 is 26.4 Å². The first-order valence-corrected chi connectivity index (χ1v) is 18.6. The average molecular weight is 759 g/mol. The Kier molecular flexibility index (Phi) is 10.8. The number of nitrogens with zero attached hydrogens (tertiary/aromatic N) is 8. The van der Waals surface area contributed by atoms with E-state index in [1.165, 1.54) is 6.33 Å². The number of hydrogen-bond acceptors (Lipinski definition) is 10. The summed E-state index contributed by atoms with van der Waals surface area (Å²) in [5.41, 5.74) is 14.7. The van der Waals surface area contributed by atoms with Gasteiger partial charge in [-0.2, -0.15) is 5.10 Å². The summed E-state index contributed by atoms with van der Waals surface area (Å²) in [5, 5.41) is 16.2. The Balaban J connectivity index is 1.24. The van der Waals surface area contributed by atoms with E-state index in [1.807, 2.05) is 37.3 Å². The number of benzene rings is 3. The van der Waals surface area contributed by atoms with Crippen LogP contribution in [0.3, 0.4) is 0 Å². The first kappa shape index (κ1) is 37.5. The number of primary amides is 1. The van der Waals surface area contributed by atoms with E-state index >= 15 is 0 Å². The van der Waals surface area contributed by atoms with Gasteiger partial charge in [-0.05, 0) is 74.5 Å². The van der Waals surface area contributed by atoms with E-state index < -0.39 is 5.41 Å². The molecule has 55 heavy (non-hydrogen) atoms. The molecule has 1 aliphatic heterocycles. The van der Waals surface area contributed by atoms with Gasteiger partial charge in [0.15, 0.2) is 5.65 Å². The Hall–Kier alpha value is -5.81. The van der Waals surface area contributed by atoms with Crippen LogP contribution in [0.15, 0.2) is 77.9 Å². The number of anilines is 1. The Morgan fingerprint density at radius 2 is 1.73 bits per heavy atom. The van der Waals surface area contributed by atoms with Crippen LogP contribution >= 0.6 is 11.6 Å². The number of phenolic OH excluding ortho intramolecular Hbond substituents is 1. The van der Waals surface area contributed by atoms with Crippen molar-refractivity contribution in [1.29, 1.82) is 0 Å². The molecule has 0 bridgehead atoms. The lowest BCUT2D eigenvalue weighted by molar-refractivity contribution is -0.127. The minimum Gasteiger partial charge on any atom is -0.508 e. The molecule has 0 radical (unpaired) electrons. The lowest BCUT2D eigenvalue weighted by atomic mass is 9.81. The molecule has 3 aromatic heterocycles. The summed E-state index contributed by atoms with van der Waals surface area (Å²) in [7, 11) is 2.12. The standard InChI is InChI=1S/C41H43ClN10O3/c1-41(40(44)55,18-19-50-22-20-49(2)21-23-50)17-6-5-8-27-10-7-12-32-34(27)39(54)51(24-29-9-3-4-11-31(29)42)33(47-32)25-52-38-35(37(43)45-26-46-38)36(48-52)28-13-15-30(53)16-14-28/h3-4,7,9-16,26,53H,6,17-25H2,1-2H3,(H2,44,55)(H2,43,45,46). The minimum atomic E-state index is -0.705. The lowest BCUT2D eigenvalue weighted by Crippen LogP contribution is -2.46. The van der Waals surface area contributed by atoms with Crippen molar-refractivity contribution >= 4 is 45.3 Å². The summed E-state index contributed by atoms with van der Waals surface area (Å²) >= 11 is 6.62. The minimum absolute atomic E-state index is 0.0659. The monoisotopic (exact) mass is 758 g/mol. The molecule has 1 saturated heterocycles. The van der Waals surface area contributed by atoms with Gasteiger partial charge in [0, 0.05) is 54.2 Å². The summed E-state index contributed by atoms with van der Waals surface area (Å²) in [6.45, 7) is 6.88. The zero-order valence-electron chi connectivity index (χ0n) is 30.9. The van der Waals surface area contributed by atoms with E-state index in [-0.39, 0.29) is 36.1 Å². The highest BCUT2D eigenvalue weighted by atomic mass is 35.5. The van der Waals surface area contributed by atoms with Gasteiger partial charge in [-0.3, -0.25) is 14.2 Å². The van der Waals surface area contributed by atoms with E-state index in [2.05, 4.69) is 38.7 Å². The fraction of sp³-hybridized carbons (Fsp3) is 0.317. The summed E-state index contributed by atoms with van der Waals surface area (Å²) in [6, 6.07) is 19.4. The predicted molar refractivity (Wildman–Crippen MR) is 214 cm³/mol. The molecule has 282 valence electrons. The summed E-state index contributed by atoms with van der Waals surface area (Å²) in [6.07, 6.45) is 2.96. The number of nitrogen functional groups attached to an aromatic ring is 1. The fourth-order valence-electron chi connectivity index (χ4n) is 6.93. The Morgan fingerprint density at radius 3 is 2.47 bits per heavy atom. The molecule has 3 aromatic carbocycles. The van der Waals surface area contributed by atoms with Gasteiger partial charge in [0.05, 0.1) is 22.8 Å². The number of nitrogens with two attached hydrogens (primary N) is 2. The van der Waals surface area contributed by atoms with E-state index in [1.54, 1.807) is 45.6 Å². The second kappa shape index (κ2) is 15.9. The Bertz CT molecular complexity index is 2500. The molecule has 1 atom stereocenters. The van der Waals surface area contributed by atoms with Crippen LogP contribution in [0.2, 0.25) is 5.02 Å². The Labute approximate surface area is 323 Å². The second-order valence-electron chi connectivity index (χ2n) is 14.3. The maximum absolute atomic E-state index is 14.6. The molecule has 4 heterocycles. The number of rotatable bonds is 11. The van der Waals surface area contributed by atoms with Crippen LogP contribution in [0.5, 0.6) is 5.75 Å². The smallest absolute Gasteiger partial charge is 0.263 e. The molecule has 6 aromatic rings. The summed E-state index contributed by atoms with van der Waals surface area (Å²) in [5.74, 6) is 6.88. The van der Waals surface area contributed by atoms with Crippen LogP contribution in [0.4, 0.5) is 5.82 Å². The van der Waals surface area contributed by atoms with E-state index in [0.29, 0.717) is 68.9 Å². The molecule has 0 saturated carbocycles. The van der Waals surface area contributed by atoms with Gasteiger partial charge in [-0.25, -0.2) is 19.6 Å². The van der Waals surface area contributed by atoms with E-state index in [4.69, 9.17) is 33.2 Å². The number of piperazine rings is 1. The number of fused-ring (bicyclic) bond motifs is 2. The highest BCUT2D eigenvalue weighted by molar-refractivity contribution is 6.31. The topological polar surface area (TPSA) is 174 Å². The van der Waals surface area contributed by atoms with Crippen molar-refractivity contribution in [3.63, 3.8) is 0 Å². The number of aromatic hydroxyl groups is 1. The summed E-state index contributed by atoms with van der Waals surface area (Å²) < 4.78 is 3.24. The molecule has 7 rings (SSSR count). The third kappa shape index (κ3) is 8.02. The van der Waals surface area contributed by atoms with Crippen molar-refractivity contribution < 1.29 is 9.90 Å². The molecular formula is C41H43ClN10O3. The molecule has 1 fully saturated rings. The number of likely N-dealkylation sites (N-methyl/N-ethyl adjacent to an activating group) is 1. The van der Waals surface area contributed by atoms with E-state index in [0.717, 1.165) is 38.3 Å². The van der Waals surface area contributed by atoms with Crippen LogP contribution < -0.4 is 17.0 Å². The molecule has 1 unspecified atom stereocenters. The van der Waals surface area contributed by atoms with Crippen LogP contribution in [0.25, 0.3) is 33.2 Å². The second-order valence-corrected chi connectivity index (χ2v) is 14.7. The summed E-state index contributed by atoms with van der Waals surface area (Å²) in [4.78, 5) is 45.7. The number of aromatic nitrogens is 6. The number of phenols is 1. The molecule has 1 amide bonds. The molecule has 0 spiro atoms. The highest BCUT2D eigenvalue weighted by Gasteiger charge is 2.31. The normalized spacial score (nSPS) is 14.8. The first-order valence-electron chi connectivity index (χ1n) is 18.2. The van der Waals surface area contributed by atoms with Gasteiger partial charge in [-0.1, -0.05) is 54.6 Å². The number of carbonyl (C=O) groups excluding carboxylic acids is 1. The zero-order chi connectivity index (χ0) is 38.7. The molecular weight excluding hydrogens is 716 g/mol. The van der Waals surface area contributed by atoms with Crippen LogP contribution in [-0.2, 0) is 17.9 Å². The molecule has 0 aliphatic carbocycles. The molecule has 1 aliphatic rings. The van der Waals surface area contributed by atoms with Crippen LogP contribution in [0.1, 0.15) is 43.1 Å². The number of halogens is 1. The lowest BCUT2D eigenvalue weighted by Gasteiger charge is -2.35. The number of amides is 1. The van der Waals surface area contributed by atoms with Crippen molar-refractivity contribution in [1.82, 2.24) is 39.1 Å². The maximum Gasteiger partial charge on any atom is 0.263 e. The van der Waals surface area contributed by atoms with Crippen LogP contribution in [-0.4, -0.2) is 89.9 Å². The van der Waals surface area contributed by atoms with Gasteiger partial charge in [0.25, 0.3) is 5.56 Å². The van der Waals surface area contributed by atoms with Crippen LogP contribution in [0, 0.1) is 17.3 Å². The largest absolute Gasteiger partial charge is 0.508 e. The maximum atomic E-state index is 14.6. The van der Waals surface area contributed by atoms with E-state index in [9.17, 15) is 14.7 Å². The van der Waals surface area contributed by atoms with Crippen molar-refractivity contribution in [2.24, 2.45) is 11.1 Å². The van der Waals surface area contributed by atoms with Crippen molar-refractivity contribution in [2.45, 2.75) is 39.3 Å². The first-order chi connectivity index (χ1) is 26.5. The van der Waals surface area contributed by atoms with Gasteiger partial charge in [0.1, 0.15) is 36.0 Å². The van der Waals surface area contributed by atoms with Gasteiger partial charge in [0.2, 0.25) is 5.91 Å². The zero-order valence-corrected chi connectivity index (χ0v) is 31.6. The fourth-order valence-corrected chi connectivity index (χ4v) is 7.13. The number of carbonyl (C=O) groups is 1. The molecule has 5 N–H and O–H groups in total. The Morgan fingerprint density at radius 1 is 0.964 bits per heavy atom. The molecule has 13 nitrogen and oxygen atoms in total. The van der Waals surface area contributed by atoms with Crippen molar-refractivity contribution in [2.75, 3.05) is 45.5 Å².